The summed E-state index contributed by atoms with van der Waals surface area (Å²) in [6.07, 6.45) is 1.38. The molecule has 0 aromatic heterocycles. The van der Waals surface area contributed by atoms with Gasteiger partial charge in [-0.05, 0) is 30.3 Å². The summed E-state index contributed by atoms with van der Waals surface area (Å²) in [5.41, 5.74) is 3.60. The van der Waals surface area contributed by atoms with Crippen molar-refractivity contribution in [2.24, 2.45) is 5.10 Å². The van der Waals surface area contributed by atoms with Gasteiger partial charge in [0.1, 0.15) is 11.5 Å². The minimum atomic E-state index is -0.318. The molecule has 0 aliphatic heterocycles. The molecule has 2 aromatic carbocycles. The fourth-order valence-electron chi connectivity index (χ4n) is 1.81. The molecule has 0 radical (unpaired) electrons. The number of phenols is 1. The van der Waals surface area contributed by atoms with E-state index >= 15 is 0 Å². The Morgan fingerprint density at radius 2 is 2.13 bits per heavy atom. The lowest BCUT2D eigenvalue weighted by Gasteiger charge is -2.09. The number of hydrogen-bond donors (Lipinski definition) is 3. The topological polar surface area (TPSA) is 83.0 Å². The number of aromatic hydroxyl groups is 1. The molecule has 23 heavy (non-hydrogen) atoms. The molecule has 0 aliphatic rings. The largest absolute Gasteiger partial charge is 0.507 e. The molecule has 0 unspecified atom stereocenters. The minimum absolute atomic E-state index is 0.0438. The quantitative estimate of drug-likeness (QED) is 0.533. The van der Waals surface area contributed by atoms with Crippen LogP contribution in [0.1, 0.15) is 5.56 Å². The van der Waals surface area contributed by atoms with E-state index in [4.69, 9.17) is 4.74 Å². The predicted octanol–water partition coefficient (Wildman–Crippen LogP) is 2.73. The highest BCUT2D eigenvalue weighted by Crippen LogP contribution is 2.22. The van der Waals surface area contributed by atoms with Crippen molar-refractivity contribution in [3.05, 3.63) is 52.5 Å². The lowest BCUT2D eigenvalue weighted by atomic mass is 10.2. The van der Waals surface area contributed by atoms with Crippen LogP contribution in [0.25, 0.3) is 0 Å². The van der Waals surface area contributed by atoms with Gasteiger partial charge in [-0.2, -0.15) is 5.10 Å². The van der Waals surface area contributed by atoms with Gasteiger partial charge in [0, 0.05) is 10.0 Å². The Morgan fingerprint density at radius 1 is 1.35 bits per heavy atom. The second kappa shape index (κ2) is 8.19. The zero-order valence-corrected chi connectivity index (χ0v) is 14.0. The Balaban J connectivity index is 1.88. The maximum Gasteiger partial charge on any atom is 0.259 e. The standard InChI is InChI=1S/C16H16BrN3O3/c1-23-15-5-3-2-4-13(15)18-10-16(22)20-19-9-11-8-12(17)6-7-14(11)21/h2-9,18,21H,10H2,1H3,(H,20,22). The second-order valence-electron chi connectivity index (χ2n) is 4.55. The molecular weight excluding hydrogens is 362 g/mol. The van der Waals surface area contributed by atoms with Crippen molar-refractivity contribution in [2.75, 3.05) is 19.0 Å². The summed E-state index contributed by atoms with van der Waals surface area (Å²) >= 11 is 3.30. The summed E-state index contributed by atoms with van der Waals surface area (Å²) in [6, 6.07) is 12.2. The molecule has 0 saturated heterocycles. The van der Waals surface area contributed by atoms with Crippen LogP contribution in [-0.2, 0) is 4.79 Å². The third kappa shape index (κ3) is 5.00. The average Bonchev–Trinajstić information content (AvgIpc) is 2.56. The molecule has 2 aromatic rings. The highest BCUT2D eigenvalue weighted by Gasteiger charge is 2.04. The molecular formula is C16H16BrN3O3. The van der Waals surface area contributed by atoms with Crippen LogP contribution >= 0.6 is 15.9 Å². The number of hydrogen-bond acceptors (Lipinski definition) is 5. The number of carbonyl (C=O) groups is 1. The van der Waals surface area contributed by atoms with E-state index in [1.54, 1.807) is 25.3 Å². The normalized spacial score (nSPS) is 10.5. The molecule has 0 spiro atoms. The van der Waals surface area contributed by atoms with Gasteiger partial charge in [0.2, 0.25) is 0 Å². The lowest BCUT2D eigenvalue weighted by molar-refractivity contribution is -0.119. The summed E-state index contributed by atoms with van der Waals surface area (Å²) in [5.74, 6) is 0.419. The number of benzene rings is 2. The van der Waals surface area contributed by atoms with Crippen molar-refractivity contribution < 1.29 is 14.6 Å². The average molecular weight is 378 g/mol. The van der Waals surface area contributed by atoms with Crippen LogP contribution in [0, 0.1) is 0 Å². The highest BCUT2D eigenvalue weighted by atomic mass is 79.9. The maximum absolute atomic E-state index is 11.8. The van der Waals surface area contributed by atoms with Gasteiger partial charge in [-0.3, -0.25) is 4.79 Å². The van der Waals surface area contributed by atoms with Crippen LogP contribution < -0.4 is 15.5 Å². The van der Waals surface area contributed by atoms with Crippen LogP contribution in [0.5, 0.6) is 11.5 Å². The van der Waals surface area contributed by atoms with E-state index in [1.807, 2.05) is 18.2 Å². The minimum Gasteiger partial charge on any atom is -0.507 e. The van der Waals surface area contributed by atoms with E-state index in [0.29, 0.717) is 11.3 Å². The summed E-state index contributed by atoms with van der Waals surface area (Å²) in [5, 5.41) is 16.4. The monoisotopic (exact) mass is 377 g/mol. The van der Waals surface area contributed by atoms with E-state index in [-0.39, 0.29) is 18.2 Å². The zero-order chi connectivity index (χ0) is 16.7. The summed E-state index contributed by atoms with van der Waals surface area (Å²) in [4.78, 5) is 11.8. The number of methoxy groups -OCH3 is 1. The van der Waals surface area contributed by atoms with Gasteiger partial charge in [-0.15, -0.1) is 0 Å². The van der Waals surface area contributed by atoms with Crippen molar-refractivity contribution in [3.63, 3.8) is 0 Å². The SMILES string of the molecule is COc1ccccc1NCC(=O)NN=Cc1cc(Br)ccc1O. The Kier molecular flexibility index (Phi) is 5.99. The van der Waals surface area contributed by atoms with Crippen molar-refractivity contribution in [3.8, 4) is 11.5 Å². The summed E-state index contributed by atoms with van der Waals surface area (Å²) in [7, 11) is 1.56. The van der Waals surface area contributed by atoms with Crippen molar-refractivity contribution in [1.82, 2.24) is 5.43 Å². The zero-order valence-electron chi connectivity index (χ0n) is 12.4. The molecule has 0 aliphatic carbocycles. The van der Waals surface area contributed by atoms with E-state index < -0.39 is 0 Å². The first-order valence-corrected chi connectivity index (χ1v) is 7.57. The van der Waals surface area contributed by atoms with E-state index in [1.165, 1.54) is 12.3 Å². The predicted molar refractivity (Wildman–Crippen MR) is 93.0 cm³/mol. The molecule has 6 nitrogen and oxygen atoms in total. The number of phenolic OH excluding ortho intramolecular Hbond substituents is 1. The number of carbonyl (C=O) groups excluding carboxylic acids is 1. The van der Waals surface area contributed by atoms with E-state index in [0.717, 1.165) is 10.2 Å². The molecule has 0 heterocycles. The van der Waals surface area contributed by atoms with E-state index in [9.17, 15) is 9.90 Å². The first-order chi connectivity index (χ1) is 11.1. The fraction of sp³-hybridized carbons (Fsp3) is 0.125. The molecule has 0 bridgehead atoms. The van der Waals surface area contributed by atoms with Crippen LogP contribution in [-0.4, -0.2) is 30.9 Å². The molecule has 0 fully saturated rings. The Morgan fingerprint density at radius 3 is 2.91 bits per heavy atom. The van der Waals surface area contributed by atoms with Gasteiger partial charge in [-0.1, -0.05) is 28.1 Å². The molecule has 3 N–H and O–H groups in total. The number of amides is 1. The van der Waals surface area contributed by atoms with Crippen molar-refractivity contribution in [1.29, 1.82) is 0 Å². The third-order valence-electron chi connectivity index (χ3n) is 2.93. The maximum atomic E-state index is 11.8. The van der Waals surface area contributed by atoms with Crippen LogP contribution in [0.15, 0.2) is 52.0 Å². The number of anilines is 1. The Labute approximate surface area is 142 Å². The number of halogens is 1. The summed E-state index contributed by atoms with van der Waals surface area (Å²) in [6.45, 7) is 0.0438. The number of nitrogens with one attached hydrogen (secondary N) is 2. The highest BCUT2D eigenvalue weighted by molar-refractivity contribution is 9.10. The van der Waals surface area contributed by atoms with Gasteiger partial charge in [0.05, 0.1) is 25.6 Å². The van der Waals surface area contributed by atoms with Gasteiger partial charge in [-0.25, -0.2) is 5.43 Å². The first kappa shape index (κ1) is 16.8. The number of ether oxygens (including phenoxy) is 1. The third-order valence-corrected chi connectivity index (χ3v) is 3.42. The van der Waals surface area contributed by atoms with Crippen LogP contribution in [0.4, 0.5) is 5.69 Å². The van der Waals surface area contributed by atoms with Gasteiger partial charge < -0.3 is 15.2 Å². The molecule has 120 valence electrons. The van der Waals surface area contributed by atoms with Crippen LogP contribution in [0.2, 0.25) is 0 Å². The van der Waals surface area contributed by atoms with Gasteiger partial charge >= 0.3 is 0 Å². The van der Waals surface area contributed by atoms with Gasteiger partial charge in [0.25, 0.3) is 5.91 Å². The van der Waals surface area contributed by atoms with E-state index in [2.05, 4.69) is 31.8 Å². The Hall–Kier alpha value is -2.54. The molecule has 7 heteroatoms. The number of rotatable bonds is 6. The van der Waals surface area contributed by atoms with Crippen molar-refractivity contribution >= 4 is 33.7 Å². The number of nitrogens with zero attached hydrogens (tertiary/aromatic N) is 1. The number of para-hydroxylation sites is 2. The molecule has 1 amide bonds. The molecule has 0 atom stereocenters. The van der Waals surface area contributed by atoms with Crippen molar-refractivity contribution in [2.45, 2.75) is 0 Å². The van der Waals surface area contributed by atoms with Gasteiger partial charge in [0.15, 0.2) is 0 Å². The molecule has 2 rings (SSSR count). The smallest absolute Gasteiger partial charge is 0.259 e. The second-order valence-corrected chi connectivity index (χ2v) is 5.47. The number of hydrazone groups is 1. The molecule has 0 saturated carbocycles. The lowest BCUT2D eigenvalue weighted by Crippen LogP contribution is -2.26. The van der Waals surface area contributed by atoms with Crippen LogP contribution in [0.3, 0.4) is 0 Å². The summed E-state index contributed by atoms with van der Waals surface area (Å²) < 4.78 is 5.99. The first-order valence-electron chi connectivity index (χ1n) is 6.77. The fourth-order valence-corrected chi connectivity index (χ4v) is 2.19. The Bertz CT molecular complexity index is 719.